The predicted molar refractivity (Wildman–Crippen MR) is 67.2 cm³/mol. The summed E-state index contributed by atoms with van der Waals surface area (Å²) >= 11 is 5.51. The molecule has 88 valence electrons. The van der Waals surface area contributed by atoms with Crippen LogP contribution in [0, 0.1) is 0 Å². The average molecular weight is 251 g/mol. The first-order chi connectivity index (χ1) is 8.17. The van der Waals surface area contributed by atoms with Gasteiger partial charge in [-0.25, -0.2) is 0 Å². The van der Waals surface area contributed by atoms with Gasteiger partial charge < -0.3 is 9.47 Å². The maximum atomic E-state index is 11.3. The molecule has 2 aromatic rings. The molecule has 0 spiro atoms. The molecule has 0 aliphatic rings. The molecule has 0 heterocycles. The van der Waals surface area contributed by atoms with Gasteiger partial charge in [0.1, 0.15) is 11.5 Å². The van der Waals surface area contributed by atoms with Gasteiger partial charge in [-0.15, -0.1) is 0 Å². The molecule has 0 aliphatic carbocycles. The smallest absolute Gasteiger partial charge is 0.256 e. The molecule has 3 nitrogen and oxygen atoms in total. The van der Waals surface area contributed by atoms with Crippen LogP contribution in [0.15, 0.2) is 30.3 Å². The van der Waals surface area contributed by atoms with E-state index in [4.69, 9.17) is 21.1 Å². The van der Waals surface area contributed by atoms with Crippen LogP contribution < -0.4 is 9.47 Å². The minimum Gasteiger partial charge on any atom is -0.496 e. The maximum absolute atomic E-state index is 11.3. The molecular weight excluding hydrogens is 240 g/mol. The Morgan fingerprint density at radius 3 is 2.41 bits per heavy atom. The number of carbonyl (C=O) groups is 1. The van der Waals surface area contributed by atoms with E-state index in [0.717, 1.165) is 16.5 Å². The summed E-state index contributed by atoms with van der Waals surface area (Å²) in [4.78, 5) is 11.3. The van der Waals surface area contributed by atoms with Crippen molar-refractivity contribution in [3.05, 3.63) is 35.9 Å². The average Bonchev–Trinajstić information content (AvgIpc) is 2.36. The van der Waals surface area contributed by atoms with Gasteiger partial charge in [-0.3, -0.25) is 4.79 Å². The van der Waals surface area contributed by atoms with E-state index in [2.05, 4.69) is 0 Å². The fourth-order valence-electron chi connectivity index (χ4n) is 1.78. The zero-order valence-corrected chi connectivity index (χ0v) is 10.2. The molecule has 0 bridgehead atoms. The second kappa shape index (κ2) is 4.63. The Labute approximate surface area is 104 Å². The number of hydrogen-bond donors (Lipinski definition) is 0. The number of methoxy groups -OCH3 is 2. The minimum absolute atomic E-state index is 0.356. The summed E-state index contributed by atoms with van der Waals surface area (Å²) in [5.74, 6) is 1.18. The Bertz CT molecular complexity index is 578. The largest absolute Gasteiger partial charge is 0.496 e. The number of carbonyl (C=O) groups excluding carboxylic acids is 1. The Balaban J connectivity index is 2.78. The third-order valence-corrected chi connectivity index (χ3v) is 2.80. The molecule has 2 aromatic carbocycles. The first-order valence-electron chi connectivity index (χ1n) is 5.02. The molecule has 0 saturated heterocycles. The van der Waals surface area contributed by atoms with Gasteiger partial charge in [0.05, 0.1) is 19.8 Å². The lowest BCUT2D eigenvalue weighted by atomic mass is 10.1. The molecule has 0 radical (unpaired) electrons. The van der Waals surface area contributed by atoms with Crippen molar-refractivity contribution in [1.82, 2.24) is 0 Å². The van der Waals surface area contributed by atoms with Crippen LogP contribution in [0.1, 0.15) is 10.4 Å². The second-order valence-electron chi connectivity index (χ2n) is 3.51. The Morgan fingerprint density at radius 1 is 1.12 bits per heavy atom. The Kier molecular flexibility index (Phi) is 3.20. The molecule has 2 rings (SSSR count). The van der Waals surface area contributed by atoms with E-state index in [1.165, 1.54) is 7.11 Å². The van der Waals surface area contributed by atoms with Crippen LogP contribution in [0.4, 0.5) is 0 Å². The van der Waals surface area contributed by atoms with Gasteiger partial charge in [-0.1, -0.05) is 12.1 Å². The first kappa shape index (κ1) is 11.7. The van der Waals surface area contributed by atoms with Crippen LogP contribution in [0.2, 0.25) is 0 Å². The zero-order valence-electron chi connectivity index (χ0n) is 9.49. The fourth-order valence-corrected chi connectivity index (χ4v) is 1.92. The van der Waals surface area contributed by atoms with Crippen molar-refractivity contribution in [2.45, 2.75) is 0 Å². The SMILES string of the molecule is COc1cc2c(OC)cccc2cc1C(=O)Cl. The summed E-state index contributed by atoms with van der Waals surface area (Å²) in [5, 5.41) is 1.23. The van der Waals surface area contributed by atoms with Crippen molar-refractivity contribution in [1.29, 1.82) is 0 Å². The van der Waals surface area contributed by atoms with Gasteiger partial charge in [0.25, 0.3) is 5.24 Å². The molecule has 0 amide bonds. The zero-order chi connectivity index (χ0) is 12.4. The van der Waals surface area contributed by atoms with E-state index in [1.807, 2.05) is 18.2 Å². The number of benzene rings is 2. The lowest BCUT2D eigenvalue weighted by Crippen LogP contribution is -1.96. The van der Waals surface area contributed by atoms with Gasteiger partial charge >= 0.3 is 0 Å². The highest BCUT2D eigenvalue weighted by atomic mass is 35.5. The highest BCUT2D eigenvalue weighted by Gasteiger charge is 2.13. The van der Waals surface area contributed by atoms with Crippen LogP contribution in [-0.4, -0.2) is 19.5 Å². The van der Waals surface area contributed by atoms with E-state index < -0.39 is 5.24 Å². The van der Waals surface area contributed by atoms with E-state index in [0.29, 0.717) is 11.3 Å². The third-order valence-electron chi connectivity index (χ3n) is 2.59. The van der Waals surface area contributed by atoms with Crippen LogP contribution >= 0.6 is 11.6 Å². The van der Waals surface area contributed by atoms with Gasteiger partial charge in [-0.05, 0) is 35.2 Å². The highest BCUT2D eigenvalue weighted by molar-refractivity contribution is 6.68. The monoisotopic (exact) mass is 250 g/mol. The summed E-state index contributed by atoms with van der Waals surface area (Å²) in [6.07, 6.45) is 0. The Hall–Kier alpha value is -1.74. The number of halogens is 1. The summed E-state index contributed by atoms with van der Waals surface area (Å²) in [6, 6.07) is 9.05. The van der Waals surface area contributed by atoms with Crippen LogP contribution in [0.25, 0.3) is 10.8 Å². The lowest BCUT2D eigenvalue weighted by Gasteiger charge is -2.10. The van der Waals surface area contributed by atoms with Crippen molar-refractivity contribution < 1.29 is 14.3 Å². The molecule has 17 heavy (non-hydrogen) atoms. The molecule has 0 saturated carbocycles. The Morgan fingerprint density at radius 2 is 1.82 bits per heavy atom. The van der Waals surface area contributed by atoms with E-state index >= 15 is 0 Å². The number of rotatable bonds is 3. The summed E-state index contributed by atoms with van der Waals surface area (Å²) in [6.45, 7) is 0. The summed E-state index contributed by atoms with van der Waals surface area (Å²) in [5.41, 5.74) is 0.356. The molecule has 0 unspecified atom stereocenters. The lowest BCUT2D eigenvalue weighted by molar-refractivity contribution is 0.107. The van der Waals surface area contributed by atoms with Crippen LogP contribution in [-0.2, 0) is 0 Å². The van der Waals surface area contributed by atoms with Gasteiger partial charge in [0, 0.05) is 5.39 Å². The van der Waals surface area contributed by atoms with E-state index in [1.54, 1.807) is 19.2 Å². The van der Waals surface area contributed by atoms with Crippen molar-refractivity contribution in [2.24, 2.45) is 0 Å². The standard InChI is InChI=1S/C13H11ClO3/c1-16-11-5-3-4-8-6-10(13(14)15)12(17-2)7-9(8)11/h3-7H,1-2H3. The molecule has 0 atom stereocenters. The third kappa shape index (κ3) is 2.06. The fraction of sp³-hybridized carbons (Fsp3) is 0.154. The normalized spacial score (nSPS) is 10.3. The van der Waals surface area contributed by atoms with Crippen LogP contribution in [0.5, 0.6) is 11.5 Å². The molecule has 0 aliphatic heterocycles. The predicted octanol–water partition coefficient (Wildman–Crippen LogP) is 3.24. The van der Waals surface area contributed by atoms with Gasteiger partial charge in [-0.2, -0.15) is 0 Å². The molecule has 0 fully saturated rings. The first-order valence-corrected chi connectivity index (χ1v) is 5.39. The second-order valence-corrected chi connectivity index (χ2v) is 3.85. The summed E-state index contributed by atoms with van der Waals surface area (Å²) in [7, 11) is 3.10. The maximum Gasteiger partial charge on any atom is 0.256 e. The van der Waals surface area contributed by atoms with Crippen LogP contribution in [0.3, 0.4) is 0 Å². The van der Waals surface area contributed by atoms with Crippen molar-refractivity contribution in [3.8, 4) is 11.5 Å². The molecular formula is C13H11ClO3. The topological polar surface area (TPSA) is 35.5 Å². The van der Waals surface area contributed by atoms with E-state index in [9.17, 15) is 4.79 Å². The van der Waals surface area contributed by atoms with Crippen molar-refractivity contribution in [2.75, 3.05) is 14.2 Å². The number of hydrogen-bond acceptors (Lipinski definition) is 3. The quantitative estimate of drug-likeness (QED) is 0.785. The summed E-state index contributed by atoms with van der Waals surface area (Å²) < 4.78 is 10.4. The van der Waals surface area contributed by atoms with Gasteiger partial charge in [0.15, 0.2) is 0 Å². The number of ether oxygens (including phenoxy) is 2. The molecule has 0 aromatic heterocycles. The van der Waals surface area contributed by atoms with Gasteiger partial charge in [0.2, 0.25) is 0 Å². The van der Waals surface area contributed by atoms with Crippen molar-refractivity contribution in [3.63, 3.8) is 0 Å². The van der Waals surface area contributed by atoms with Crippen molar-refractivity contribution >= 4 is 27.6 Å². The minimum atomic E-state index is -0.536. The molecule has 0 N–H and O–H groups in total. The number of fused-ring (bicyclic) bond motifs is 1. The highest BCUT2D eigenvalue weighted by Crippen LogP contribution is 2.32. The molecule has 4 heteroatoms. The van der Waals surface area contributed by atoms with E-state index in [-0.39, 0.29) is 0 Å².